The van der Waals surface area contributed by atoms with E-state index < -0.39 is 0 Å². The topological polar surface area (TPSA) is 22.2 Å². The molecule has 0 amide bonds. The van der Waals surface area contributed by atoms with E-state index in [1.54, 1.807) is 0 Å². The average molecular weight is 1260 g/mol. The first-order valence-corrected chi connectivity index (χ1v) is 36.3. The second-order valence-corrected chi connectivity index (χ2v) is 30.5. The SMILES string of the molecule is CC(C)(C)c1ccc(-c2ccccc2N2C3=CC4SC5CC(N(c6ccc(-c7ccccc7)cc6)c6ccc(-c7ccccc7)cc6)=CC6C5B(c5ccccc5N6c5ccccc5)C4C=C3B3c4ccccc4OC4CC(N(c5ccccc5)C5CC=CCC5)CC2C34)cc1. The molecular weight excluding hydrogens is 1180 g/mol. The Bertz CT molecular complexity index is 4550. The number of anilines is 6. The van der Waals surface area contributed by atoms with Crippen LogP contribution in [0, 0.1) is 0 Å². The van der Waals surface area contributed by atoms with Crippen molar-refractivity contribution in [3.05, 3.63) is 320 Å². The second kappa shape index (κ2) is 24.4. The van der Waals surface area contributed by atoms with Gasteiger partial charge < -0.3 is 24.3 Å². The van der Waals surface area contributed by atoms with Gasteiger partial charge >= 0.3 is 0 Å². The van der Waals surface area contributed by atoms with Crippen molar-refractivity contribution in [1.29, 1.82) is 0 Å². The van der Waals surface area contributed by atoms with Crippen LogP contribution in [0.5, 0.6) is 5.75 Å². The lowest BCUT2D eigenvalue weighted by Crippen LogP contribution is -2.67. The van der Waals surface area contributed by atoms with Crippen LogP contribution in [0.25, 0.3) is 33.4 Å². The molecule has 2 saturated heterocycles. The van der Waals surface area contributed by atoms with Crippen LogP contribution in [-0.4, -0.2) is 54.2 Å². The molecule has 1 saturated carbocycles. The highest BCUT2D eigenvalue weighted by molar-refractivity contribution is 8.01. The molecular formula is C88H80B2N4OS. The maximum atomic E-state index is 7.65. The molecule has 4 aliphatic heterocycles. The summed E-state index contributed by atoms with van der Waals surface area (Å²) in [5.74, 6) is 1.80. The van der Waals surface area contributed by atoms with Crippen LogP contribution < -0.4 is 35.3 Å². The largest absolute Gasteiger partial charge is 0.491 e. The van der Waals surface area contributed by atoms with Gasteiger partial charge in [0.15, 0.2) is 6.71 Å². The highest BCUT2D eigenvalue weighted by Gasteiger charge is 2.62. The van der Waals surface area contributed by atoms with Gasteiger partial charge in [-0.3, -0.25) is 0 Å². The van der Waals surface area contributed by atoms with Crippen molar-refractivity contribution >= 4 is 70.2 Å². The van der Waals surface area contributed by atoms with Crippen LogP contribution >= 0.6 is 11.8 Å². The van der Waals surface area contributed by atoms with Crippen LogP contribution in [0.3, 0.4) is 0 Å². The van der Waals surface area contributed by atoms with Gasteiger partial charge in [0.05, 0.1) is 12.1 Å². The van der Waals surface area contributed by atoms with Crippen molar-refractivity contribution in [3.8, 4) is 39.1 Å². The van der Waals surface area contributed by atoms with Crippen LogP contribution in [0.2, 0.25) is 17.5 Å². The van der Waals surface area contributed by atoms with E-state index in [-0.39, 0.29) is 65.2 Å². The van der Waals surface area contributed by atoms with Crippen molar-refractivity contribution < 1.29 is 4.74 Å². The Kier molecular flexibility index (Phi) is 15.0. The zero-order valence-electron chi connectivity index (χ0n) is 55.1. The summed E-state index contributed by atoms with van der Waals surface area (Å²) >= 11 is 2.28. The number of hydrogen-bond acceptors (Lipinski definition) is 6. The summed E-state index contributed by atoms with van der Waals surface area (Å²) in [6, 6.07) is 102. The van der Waals surface area contributed by atoms with Gasteiger partial charge in [0.1, 0.15) is 5.75 Å². The van der Waals surface area contributed by atoms with E-state index in [0.29, 0.717) is 11.9 Å². The fraction of sp³-hybridized carbons (Fsp3) is 0.227. The van der Waals surface area contributed by atoms with E-state index in [1.165, 1.54) is 101 Å². The first-order valence-electron chi connectivity index (χ1n) is 35.3. The molecule has 0 spiro atoms. The van der Waals surface area contributed by atoms with E-state index in [1.807, 2.05) is 0 Å². The predicted molar refractivity (Wildman–Crippen MR) is 407 cm³/mol. The van der Waals surface area contributed by atoms with E-state index >= 15 is 0 Å². The fourth-order valence-electron chi connectivity index (χ4n) is 18.7. The van der Waals surface area contributed by atoms with Crippen molar-refractivity contribution in [1.82, 2.24) is 0 Å². The molecule has 5 nitrogen and oxygen atoms in total. The summed E-state index contributed by atoms with van der Waals surface area (Å²) in [6.07, 6.45) is 19.5. The number of para-hydroxylation sites is 5. The van der Waals surface area contributed by atoms with Gasteiger partial charge in [0.25, 0.3) is 0 Å². The molecule has 18 rings (SSSR count). The number of nitrogens with zero attached hydrogens (tertiary/aromatic N) is 4. The van der Waals surface area contributed by atoms with Gasteiger partial charge in [-0.2, -0.15) is 11.8 Å². The summed E-state index contributed by atoms with van der Waals surface area (Å²) in [5.41, 5.74) is 23.4. The van der Waals surface area contributed by atoms with E-state index in [0.717, 1.165) is 44.3 Å². The third-order valence-electron chi connectivity index (χ3n) is 22.8. The predicted octanol–water partition coefficient (Wildman–Crippen LogP) is 20.1. The Morgan fingerprint density at radius 1 is 0.500 bits per heavy atom. The molecule has 8 aliphatic rings. The lowest BCUT2D eigenvalue weighted by atomic mass is 9.23. The molecule has 10 aromatic rings. The molecule has 470 valence electrons. The lowest BCUT2D eigenvalue weighted by Gasteiger charge is -2.60. The average Bonchev–Trinajstić information content (AvgIpc) is 0.695. The zero-order chi connectivity index (χ0) is 64.0. The molecule has 4 aliphatic carbocycles. The molecule has 4 heterocycles. The summed E-state index contributed by atoms with van der Waals surface area (Å²) in [5, 5.41) is 0.462. The number of allylic oxidation sites excluding steroid dienone is 4. The fourth-order valence-corrected chi connectivity index (χ4v) is 20.5. The normalized spacial score (nSPS) is 24.3. The van der Waals surface area contributed by atoms with Crippen LogP contribution in [-0.2, 0) is 5.41 Å². The van der Waals surface area contributed by atoms with Crippen molar-refractivity contribution in [2.45, 2.75) is 123 Å². The Balaban J connectivity index is 0.827. The number of thioether (sulfide) groups is 1. The summed E-state index contributed by atoms with van der Waals surface area (Å²) in [4.78, 5) is 11.1. The molecule has 0 aromatic heterocycles. The highest BCUT2D eigenvalue weighted by Crippen LogP contribution is 2.62. The molecule has 8 heteroatoms. The smallest absolute Gasteiger partial charge is 0.225 e. The molecule has 0 radical (unpaired) electrons. The Morgan fingerprint density at radius 3 is 1.76 bits per heavy atom. The van der Waals surface area contributed by atoms with Gasteiger partial charge in [-0.25, -0.2) is 0 Å². The Morgan fingerprint density at radius 2 is 1.09 bits per heavy atom. The third kappa shape index (κ3) is 10.3. The lowest BCUT2D eigenvalue weighted by molar-refractivity contribution is 0.121. The highest BCUT2D eigenvalue weighted by atomic mass is 32.2. The number of benzene rings is 10. The first-order chi connectivity index (χ1) is 47.3. The van der Waals surface area contributed by atoms with Crippen molar-refractivity contribution in [2.24, 2.45) is 0 Å². The summed E-state index contributed by atoms with van der Waals surface area (Å²) < 4.78 is 7.65. The monoisotopic (exact) mass is 1260 g/mol. The van der Waals surface area contributed by atoms with E-state index in [9.17, 15) is 0 Å². The van der Waals surface area contributed by atoms with Gasteiger partial charge in [-0.05, 0) is 167 Å². The zero-order valence-corrected chi connectivity index (χ0v) is 55.9. The molecule has 10 atom stereocenters. The third-order valence-corrected chi connectivity index (χ3v) is 24.4. The van der Waals surface area contributed by atoms with Gasteiger partial charge in [0.2, 0.25) is 6.71 Å². The van der Waals surface area contributed by atoms with Crippen molar-refractivity contribution in [3.63, 3.8) is 0 Å². The molecule has 96 heavy (non-hydrogen) atoms. The van der Waals surface area contributed by atoms with Crippen molar-refractivity contribution in [2.75, 3.05) is 19.6 Å². The van der Waals surface area contributed by atoms with Gasteiger partial charge in [0, 0.05) is 91.9 Å². The summed E-state index contributed by atoms with van der Waals surface area (Å²) in [7, 11) is 0. The quantitative estimate of drug-likeness (QED) is 0.0944. The first kappa shape index (κ1) is 59.2. The number of ether oxygens (including phenoxy) is 1. The Labute approximate surface area is 572 Å². The van der Waals surface area contributed by atoms with Gasteiger partial charge in [-0.1, -0.05) is 250 Å². The van der Waals surface area contributed by atoms with E-state index in [4.69, 9.17) is 4.74 Å². The molecule has 3 fully saturated rings. The minimum atomic E-state index is -0.00170. The molecule has 10 unspecified atom stereocenters. The maximum Gasteiger partial charge on any atom is 0.225 e. The standard InChI is InChI=1S/C88H80B2N4OS/c1-88(2,3)64-47-41-63(42-48-64)72-35-19-22-38-77(72)94-79-58-84-76(57-75(79)90-74-37-21-24-40-82(74)95-83-55-70(53-80(94)86(83)90)91(65-29-13-6-14-30-65)66-31-15-7-16-32-66)89-73-36-20-23-39-78(73)93(67-33-17-8-18-34-67)81-54-71(56-85(96-84)87(81)89)92(68-49-43-61(44-50-68)59-25-9-4-10-26-59)69-51-45-62(46-52-69)60-27-11-5-12-28-60/h4-15,17-30,33-52,54,57-58,66,70,76,80-81,83-87H,16,31-32,53,55-56H2,1-3H3. The minimum absolute atomic E-state index is 0.00170. The number of rotatable bonds is 11. The second-order valence-electron chi connectivity index (χ2n) is 29.1. The number of hydrogen-bond donors (Lipinski definition) is 0. The van der Waals surface area contributed by atoms with Gasteiger partial charge in [-0.15, -0.1) is 0 Å². The van der Waals surface area contributed by atoms with Crippen LogP contribution in [0.1, 0.15) is 64.9 Å². The van der Waals surface area contributed by atoms with Crippen LogP contribution in [0.15, 0.2) is 314 Å². The molecule has 0 bridgehead atoms. The minimum Gasteiger partial charge on any atom is -0.491 e. The summed E-state index contributed by atoms with van der Waals surface area (Å²) in [6.45, 7) is 7.38. The maximum absolute atomic E-state index is 7.65. The Hall–Kier alpha value is -9.36. The van der Waals surface area contributed by atoms with Crippen LogP contribution in [0.4, 0.5) is 34.1 Å². The number of fused-ring (bicyclic) bond motifs is 8. The molecule has 10 aromatic carbocycles. The molecule has 0 N–H and O–H groups in total. The van der Waals surface area contributed by atoms with E-state index in [2.05, 4.69) is 349 Å².